The molecule has 4 nitrogen and oxygen atoms in total. The van der Waals surface area contributed by atoms with E-state index in [2.05, 4.69) is 36.8 Å². The van der Waals surface area contributed by atoms with Crippen LogP contribution in [0.25, 0.3) is 0 Å². The number of ketones is 1. The molecule has 0 radical (unpaired) electrons. The van der Waals surface area contributed by atoms with E-state index >= 15 is 0 Å². The summed E-state index contributed by atoms with van der Waals surface area (Å²) in [5, 5.41) is 0.677. The van der Waals surface area contributed by atoms with Crippen molar-refractivity contribution in [3.05, 3.63) is 55.9 Å². The molecular weight excluding hydrogens is 530 g/mol. The molecule has 28 heavy (non-hydrogen) atoms. The smallest absolute Gasteiger partial charge is 0.187 e. The first-order valence-corrected chi connectivity index (χ1v) is 11.7. The molecule has 1 atom stereocenters. The summed E-state index contributed by atoms with van der Waals surface area (Å²) in [6.07, 6.45) is 0. The fraction of sp³-hybridized carbons (Fsp3) is 0.350. The van der Waals surface area contributed by atoms with E-state index in [9.17, 15) is 4.79 Å². The van der Waals surface area contributed by atoms with Gasteiger partial charge < -0.3 is 9.47 Å². The van der Waals surface area contributed by atoms with Crippen LogP contribution >= 0.6 is 55.2 Å². The van der Waals surface area contributed by atoms with Crippen LogP contribution in [-0.4, -0.2) is 54.9 Å². The van der Waals surface area contributed by atoms with Gasteiger partial charge in [0, 0.05) is 34.0 Å². The van der Waals surface area contributed by atoms with Gasteiger partial charge in [0.1, 0.15) is 17.1 Å². The molecule has 0 amide bonds. The van der Waals surface area contributed by atoms with Gasteiger partial charge in [-0.15, -0.1) is 11.8 Å². The Kier molecular flexibility index (Phi) is 6.40. The second-order valence-electron chi connectivity index (χ2n) is 6.82. The first kappa shape index (κ1) is 20.7. The average Bonchev–Trinajstić information content (AvgIpc) is 2.68. The standard InChI is InChI=1S/C20H18Br2ClNO3S/c21-13-9-16-18(17(22)10-13)27-12-20(19(16)25,11-24-5-7-26-8-6-24)28-15-3-1-14(23)2-4-15/h1-4,9-10H,5-8,11-12H2/t20-/m0/s1. The van der Waals surface area contributed by atoms with Crippen LogP contribution in [-0.2, 0) is 4.74 Å². The minimum atomic E-state index is -0.738. The van der Waals surface area contributed by atoms with Gasteiger partial charge in [0.2, 0.25) is 0 Å². The topological polar surface area (TPSA) is 38.8 Å². The highest BCUT2D eigenvalue weighted by molar-refractivity contribution is 9.11. The van der Waals surface area contributed by atoms with Gasteiger partial charge >= 0.3 is 0 Å². The van der Waals surface area contributed by atoms with Crippen LogP contribution in [0.3, 0.4) is 0 Å². The summed E-state index contributed by atoms with van der Waals surface area (Å²) in [4.78, 5) is 17.0. The number of carbonyl (C=O) groups is 1. The molecule has 0 unspecified atom stereocenters. The molecule has 0 saturated carbocycles. The van der Waals surface area contributed by atoms with Crippen molar-refractivity contribution >= 4 is 61.0 Å². The lowest BCUT2D eigenvalue weighted by Gasteiger charge is -2.40. The average molecular weight is 548 g/mol. The monoisotopic (exact) mass is 545 g/mol. The Bertz CT molecular complexity index is 890. The van der Waals surface area contributed by atoms with Gasteiger partial charge in [-0.25, -0.2) is 0 Å². The Morgan fingerprint density at radius 2 is 1.86 bits per heavy atom. The molecule has 148 valence electrons. The predicted molar refractivity (Wildman–Crippen MR) is 119 cm³/mol. The van der Waals surface area contributed by atoms with Gasteiger partial charge in [0.15, 0.2) is 5.78 Å². The zero-order valence-corrected chi connectivity index (χ0v) is 19.7. The number of Topliss-reactive ketones (excluding diaryl/α,β-unsaturated/α-hetero) is 1. The third-order valence-electron chi connectivity index (χ3n) is 4.83. The van der Waals surface area contributed by atoms with Gasteiger partial charge in [-0.2, -0.15) is 0 Å². The van der Waals surface area contributed by atoms with Gasteiger partial charge in [-0.05, 0) is 52.3 Å². The van der Waals surface area contributed by atoms with E-state index in [1.165, 1.54) is 0 Å². The van der Waals surface area contributed by atoms with E-state index in [0.717, 1.165) is 26.9 Å². The Morgan fingerprint density at radius 3 is 2.57 bits per heavy atom. The summed E-state index contributed by atoms with van der Waals surface area (Å²) < 4.78 is 12.5. The third-order valence-corrected chi connectivity index (χ3v) is 7.46. The molecule has 8 heteroatoms. The third kappa shape index (κ3) is 4.30. The van der Waals surface area contributed by atoms with Crippen molar-refractivity contribution in [1.82, 2.24) is 4.90 Å². The number of hydrogen-bond acceptors (Lipinski definition) is 5. The number of fused-ring (bicyclic) bond motifs is 1. The number of rotatable bonds is 4. The Morgan fingerprint density at radius 1 is 1.14 bits per heavy atom. The summed E-state index contributed by atoms with van der Waals surface area (Å²) in [6.45, 7) is 3.90. The van der Waals surface area contributed by atoms with Crippen LogP contribution < -0.4 is 4.74 Å². The number of halogens is 3. The molecule has 2 heterocycles. The van der Waals surface area contributed by atoms with Crippen LogP contribution in [0.4, 0.5) is 0 Å². The van der Waals surface area contributed by atoms with E-state index in [-0.39, 0.29) is 5.78 Å². The second kappa shape index (κ2) is 8.66. The number of ether oxygens (including phenoxy) is 2. The normalized spacial score (nSPS) is 22.6. The lowest BCUT2D eigenvalue weighted by Crippen LogP contribution is -2.54. The maximum Gasteiger partial charge on any atom is 0.187 e. The summed E-state index contributed by atoms with van der Waals surface area (Å²) in [6, 6.07) is 11.3. The molecular formula is C20H18Br2ClNO3S. The molecule has 0 aliphatic carbocycles. The first-order valence-electron chi connectivity index (χ1n) is 8.88. The lowest BCUT2D eigenvalue weighted by atomic mass is 9.93. The minimum absolute atomic E-state index is 0.0854. The number of carbonyl (C=O) groups excluding carboxylic acids is 1. The SMILES string of the molecule is O=C1c2cc(Br)cc(Br)c2OC[C@]1(CN1CCOCC1)Sc1ccc(Cl)cc1. The van der Waals surface area contributed by atoms with E-state index in [1.54, 1.807) is 11.8 Å². The fourth-order valence-electron chi connectivity index (χ4n) is 3.45. The second-order valence-corrected chi connectivity index (χ2v) is 10.5. The molecule has 2 aromatic carbocycles. The van der Waals surface area contributed by atoms with Crippen molar-refractivity contribution < 1.29 is 14.3 Å². The van der Waals surface area contributed by atoms with Gasteiger partial charge in [0.25, 0.3) is 0 Å². The van der Waals surface area contributed by atoms with Crippen LogP contribution in [0.1, 0.15) is 10.4 Å². The molecule has 2 aromatic rings. The summed E-state index contributed by atoms with van der Waals surface area (Å²) in [5.74, 6) is 0.699. The van der Waals surface area contributed by atoms with Crippen LogP contribution in [0, 0.1) is 0 Å². The zero-order valence-electron chi connectivity index (χ0n) is 14.9. The number of hydrogen-bond donors (Lipinski definition) is 0. The van der Waals surface area contributed by atoms with Crippen molar-refractivity contribution in [2.24, 2.45) is 0 Å². The van der Waals surface area contributed by atoms with Crippen LogP contribution in [0.5, 0.6) is 5.75 Å². The molecule has 4 rings (SSSR count). The van der Waals surface area contributed by atoms with Crippen LogP contribution in [0.15, 0.2) is 50.2 Å². The van der Waals surface area contributed by atoms with E-state index in [1.807, 2.05) is 36.4 Å². The van der Waals surface area contributed by atoms with Gasteiger partial charge in [-0.1, -0.05) is 27.5 Å². The van der Waals surface area contributed by atoms with Crippen molar-refractivity contribution in [3.8, 4) is 5.75 Å². The molecule has 0 aromatic heterocycles. The first-order chi connectivity index (χ1) is 13.5. The van der Waals surface area contributed by atoms with Crippen molar-refractivity contribution in [2.45, 2.75) is 9.64 Å². The Balaban J connectivity index is 1.71. The highest BCUT2D eigenvalue weighted by atomic mass is 79.9. The largest absolute Gasteiger partial charge is 0.490 e. The molecule has 0 spiro atoms. The maximum atomic E-state index is 13.8. The van der Waals surface area contributed by atoms with E-state index in [4.69, 9.17) is 21.1 Å². The fourth-order valence-corrected chi connectivity index (χ4v) is 6.21. The highest BCUT2D eigenvalue weighted by Gasteiger charge is 2.47. The summed E-state index contributed by atoms with van der Waals surface area (Å²) in [7, 11) is 0. The quantitative estimate of drug-likeness (QED) is 0.519. The Labute approximate surface area is 190 Å². The maximum absolute atomic E-state index is 13.8. The predicted octanol–water partition coefficient (Wildman–Crippen LogP) is 5.30. The molecule has 2 aliphatic heterocycles. The number of benzene rings is 2. The summed E-state index contributed by atoms with van der Waals surface area (Å²) in [5.41, 5.74) is 0.599. The number of nitrogens with zero attached hydrogens (tertiary/aromatic N) is 1. The van der Waals surface area contributed by atoms with Crippen molar-refractivity contribution in [2.75, 3.05) is 39.5 Å². The van der Waals surface area contributed by atoms with Crippen molar-refractivity contribution in [1.29, 1.82) is 0 Å². The Hall–Kier alpha value is -0.570. The molecule has 0 bridgehead atoms. The van der Waals surface area contributed by atoms with Gasteiger partial charge in [0.05, 0.1) is 23.2 Å². The molecule has 1 saturated heterocycles. The summed E-state index contributed by atoms with van der Waals surface area (Å²) >= 11 is 14.6. The number of thioether (sulfide) groups is 1. The van der Waals surface area contributed by atoms with Crippen LogP contribution in [0.2, 0.25) is 5.02 Å². The molecule has 2 aliphatic rings. The minimum Gasteiger partial charge on any atom is -0.490 e. The molecule has 1 fully saturated rings. The number of morpholine rings is 1. The highest BCUT2D eigenvalue weighted by Crippen LogP contribution is 2.45. The van der Waals surface area contributed by atoms with E-state index < -0.39 is 4.75 Å². The molecule has 0 N–H and O–H groups in total. The lowest BCUT2D eigenvalue weighted by molar-refractivity contribution is 0.0287. The van der Waals surface area contributed by atoms with Crippen molar-refractivity contribution in [3.63, 3.8) is 0 Å². The zero-order chi connectivity index (χ0) is 19.7. The van der Waals surface area contributed by atoms with E-state index in [0.29, 0.717) is 42.7 Å². The van der Waals surface area contributed by atoms with Gasteiger partial charge in [-0.3, -0.25) is 9.69 Å².